The van der Waals surface area contributed by atoms with Crippen molar-refractivity contribution in [2.45, 2.75) is 59.6 Å². The smallest absolute Gasteiger partial charge is 0.00476 e. The lowest BCUT2D eigenvalue weighted by Gasteiger charge is -2.36. The van der Waals surface area contributed by atoms with Gasteiger partial charge >= 0.3 is 0 Å². The molecular weight excluding hydrogens is 188 g/mol. The molecule has 0 nitrogen and oxygen atoms in total. The van der Waals surface area contributed by atoms with Crippen LogP contribution in [0.4, 0.5) is 0 Å². The first kappa shape index (κ1) is 14.3. The summed E-state index contributed by atoms with van der Waals surface area (Å²) in [5.74, 6) is 3.14. The Kier molecular flexibility index (Phi) is 6.93. The maximum Gasteiger partial charge on any atom is 0.00476 e. The first-order valence-electron chi connectivity index (χ1n) is 6.13. The zero-order valence-electron chi connectivity index (χ0n) is 10.7. The summed E-state index contributed by atoms with van der Waals surface area (Å²) in [7, 11) is 0. The van der Waals surface area contributed by atoms with E-state index in [0.717, 1.165) is 23.7 Å². The fourth-order valence-corrected chi connectivity index (χ4v) is 3.25. The van der Waals surface area contributed by atoms with Crippen LogP contribution in [0.1, 0.15) is 54.4 Å². The molecule has 0 aliphatic heterocycles. The van der Waals surface area contributed by atoms with Crippen LogP contribution in [0.5, 0.6) is 0 Å². The highest BCUT2D eigenvalue weighted by atomic mass is 32.1. The van der Waals surface area contributed by atoms with Crippen molar-refractivity contribution in [1.82, 2.24) is 0 Å². The Bertz CT molecular complexity index is 140. The first-order valence-corrected chi connectivity index (χ1v) is 6.65. The van der Waals surface area contributed by atoms with Crippen LogP contribution in [0, 0.1) is 23.7 Å². The molecule has 0 rings (SSSR count). The summed E-state index contributed by atoms with van der Waals surface area (Å²) in [6.45, 7) is 13.9. The van der Waals surface area contributed by atoms with E-state index in [9.17, 15) is 0 Å². The molecule has 0 aromatic heterocycles. The van der Waals surface area contributed by atoms with Crippen LogP contribution in [0.25, 0.3) is 0 Å². The van der Waals surface area contributed by atoms with Crippen molar-refractivity contribution >= 4 is 12.6 Å². The molecule has 0 bridgehead atoms. The van der Waals surface area contributed by atoms with E-state index in [1.807, 2.05) is 0 Å². The van der Waals surface area contributed by atoms with E-state index in [2.05, 4.69) is 41.5 Å². The normalized spacial score (nSPS) is 18.6. The molecule has 3 unspecified atom stereocenters. The molecule has 0 N–H and O–H groups in total. The Labute approximate surface area is 96.3 Å². The van der Waals surface area contributed by atoms with E-state index in [1.165, 1.54) is 12.8 Å². The fourth-order valence-electron chi connectivity index (χ4n) is 2.68. The maximum atomic E-state index is 4.75. The van der Waals surface area contributed by atoms with Crippen LogP contribution in [0.2, 0.25) is 0 Å². The van der Waals surface area contributed by atoms with Crippen molar-refractivity contribution in [3.63, 3.8) is 0 Å². The Balaban J connectivity index is 4.60. The molecule has 86 valence electrons. The molecular formula is C13H28S. The molecule has 0 heterocycles. The average Bonchev–Trinajstić information content (AvgIpc) is 2.11. The van der Waals surface area contributed by atoms with Crippen LogP contribution in [0.3, 0.4) is 0 Å². The SMILES string of the molecule is CCC(S)C(C(C)C)C(CC)C(C)C. The standard InChI is InChI=1S/C13H28S/c1-7-11(9(3)4)13(10(5)6)12(14)8-2/h9-14H,7-8H2,1-6H3. The van der Waals surface area contributed by atoms with Gasteiger partial charge in [0.25, 0.3) is 0 Å². The molecule has 0 aromatic carbocycles. The summed E-state index contributed by atoms with van der Waals surface area (Å²) in [5, 5.41) is 0.572. The fraction of sp³-hybridized carbons (Fsp3) is 1.00. The molecule has 0 amide bonds. The van der Waals surface area contributed by atoms with Gasteiger partial charge in [0, 0.05) is 5.25 Å². The molecule has 0 spiro atoms. The molecule has 0 aliphatic carbocycles. The van der Waals surface area contributed by atoms with Crippen LogP contribution in [0.15, 0.2) is 0 Å². The third-order valence-electron chi connectivity index (χ3n) is 3.45. The molecule has 0 saturated heterocycles. The van der Waals surface area contributed by atoms with E-state index in [4.69, 9.17) is 12.6 Å². The summed E-state index contributed by atoms with van der Waals surface area (Å²) >= 11 is 4.75. The van der Waals surface area contributed by atoms with Crippen molar-refractivity contribution in [2.24, 2.45) is 23.7 Å². The van der Waals surface area contributed by atoms with Gasteiger partial charge in [0.2, 0.25) is 0 Å². The van der Waals surface area contributed by atoms with Crippen molar-refractivity contribution in [1.29, 1.82) is 0 Å². The van der Waals surface area contributed by atoms with Gasteiger partial charge in [0.15, 0.2) is 0 Å². The summed E-state index contributed by atoms with van der Waals surface area (Å²) in [5.41, 5.74) is 0. The zero-order valence-corrected chi connectivity index (χ0v) is 11.6. The minimum Gasteiger partial charge on any atom is -0.176 e. The summed E-state index contributed by atoms with van der Waals surface area (Å²) in [6.07, 6.45) is 2.48. The van der Waals surface area contributed by atoms with Crippen molar-refractivity contribution in [2.75, 3.05) is 0 Å². The van der Waals surface area contributed by atoms with E-state index < -0.39 is 0 Å². The topological polar surface area (TPSA) is 0 Å². The maximum absolute atomic E-state index is 4.75. The van der Waals surface area contributed by atoms with Gasteiger partial charge in [0.05, 0.1) is 0 Å². The van der Waals surface area contributed by atoms with Crippen molar-refractivity contribution < 1.29 is 0 Å². The largest absolute Gasteiger partial charge is 0.176 e. The van der Waals surface area contributed by atoms with Gasteiger partial charge in [0.1, 0.15) is 0 Å². The van der Waals surface area contributed by atoms with Crippen LogP contribution in [-0.2, 0) is 0 Å². The minimum absolute atomic E-state index is 0.572. The summed E-state index contributed by atoms with van der Waals surface area (Å²) in [6, 6.07) is 0. The van der Waals surface area contributed by atoms with Gasteiger partial charge in [-0.3, -0.25) is 0 Å². The van der Waals surface area contributed by atoms with E-state index >= 15 is 0 Å². The van der Waals surface area contributed by atoms with Gasteiger partial charge in [-0.25, -0.2) is 0 Å². The predicted molar refractivity (Wildman–Crippen MR) is 70.0 cm³/mol. The highest BCUT2D eigenvalue weighted by molar-refractivity contribution is 7.81. The number of hydrogen-bond donors (Lipinski definition) is 1. The minimum atomic E-state index is 0.572. The number of rotatable bonds is 6. The molecule has 0 saturated carbocycles. The lowest BCUT2D eigenvalue weighted by molar-refractivity contribution is 0.184. The van der Waals surface area contributed by atoms with Gasteiger partial charge < -0.3 is 0 Å². The predicted octanol–water partition coefficient (Wildman–Crippen LogP) is 4.65. The highest BCUT2D eigenvalue weighted by Gasteiger charge is 2.29. The zero-order chi connectivity index (χ0) is 11.3. The molecule has 0 aliphatic rings. The number of thiol groups is 1. The molecule has 14 heavy (non-hydrogen) atoms. The van der Waals surface area contributed by atoms with Gasteiger partial charge in [-0.2, -0.15) is 12.6 Å². The molecule has 0 fully saturated rings. The van der Waals surface area contributed by atoms with Crippen LogP contribution < -0.4 is 0 Å². The second kappa shape index (κ2) is 6.76. The van der Waals surface area contributed by atoms with Crippen LogP contribution >= 0.6 is 12.6 Å². The summed E-state index contributed by atoms with van der Waals surface area (Å²) in [4.78, 5) is 0. The Hall–Kier alpha value is 0.350. The quantitative estimate of drug-likeness (QED) is 0.614. The molecule has 0 radical (unpaired) electrons. The van der Waals surface area contributed by atoms with E-state index in [-0.39, 0.29) is 0 Å². The van der Waals surface area contributed by atoms with Crippen LogP contribution in [-0.4, -0.2) is 5.25 Å². The first-order chi connectivity index (χ1) is 6.45. The van der Waals surface area contributed by atoms with Crippen molar-refractivity contribution in [3.05, 3.63) is 0 Å². The Morgan fingerprint density at radius 2 is 1.36 bits per heavy atom. The van der Waals surface area contributed by atoms with Gasteiger partial charge in [-0.15, -0.1) is 0 Å². The van der Waals surface area contributed by atoms with E-state index in [1.54, 1.807) is 0 Å². The lowest BCUT2D eigenvalue weighted by atomic mass is 9.73. The summed E-state index contributed by atoms with van der Waals surface area (Å²) < 4.78 is 0. The molecule has 0 aromatic rings. The van der Waals surface area contributed by atoms with E-state index in [0.29, 0.717) is 5.25 Å². The monoisotopic (exact) mass is 216 g/mol. The molecule has 1 heteroatoms. The van der Waals surface area contributed by atoms with Crippen molar-refractivity contribution in [3.8, 4) is 0 Å². The Morgan fingerprint density at radius 3 is 1.57 bits per heavy atom. The molecule has 3 atom stereocenters. The van der Waals surface area contributed by atoms with Gasteiger partial charge in [-0.1, -0.05) is 48.0 Å². The lowest BCUT2D eigenvalue weighted by Crippen LogP contribution is -2.31. The third kappa shape index (κ3) is 3.84. The highest BCUT2D eigenvalue weighted by Crippen LogP contribution is 2.35. The Morgan fingerprint density at radius 1 is 0.857 bits per heavy atom. The third-order valence-corrected chi connectivity index (χ3v) is 4.16. The number of hydrogen-bond acceptors (Lipinski definition) is 1. The average molecular weight is 216 g/mol. The second-order valence-electron chi connectivity index (χ2n) is 5.11. The van der Waals surface area contributed by atoms with Gasteiger partial charge in [-0.05, 0) is 30.1 Å². The second-order valence-corrected chi connectivity index (χ2v) is 5.78.